The molecule has 1 N–H and O–H groups in total. The molecule has 1 heterocycles. The number of nitrogens with zero attached hydrogens (tertiary/aromatic N) is 3. The van der Waals surface area contributed by atoms with Crippen LogP contribution >= 0.6 is 11.3 Å². The zero-order valence-electron chi connectivity index (χ0n) is 18.5. The van der Waals surface area contributed by atoms with E-state index in [1.54, 1.807) is 6.92 Å². The fourth-order valence-electron chi connectivity index (χ4n) is 4.08. The van der Waals surface area contributed by atoms with Crippen molar-refractivity contribution in [1.82, 2.24) is 15.5 Å². The van der Waals surface area contributed by atoms with Crippen molar-refractivity contribution in [3.05, 3.63) is 53.1 Å². The molecule has 3 aromatic rings. The summed E-state index contributed by atoms with van der Waals surface area (Å²) in [7, 11) is 0. The number of ether oxygens (including phenoxy) is 1. The van der Waals surface area contributed by atoms with Crippen molar-refractivity contribution in [2.75, 3.05) is 6.54 Å². The summed E-state index contributed by atoms with van der Waals surface area (Å²) in [6, 6.07) is 14.2. The molecule has 0 radical (unpaired) electrons. The van der Waals surface area contributed by atoms with Crippen molar-refractivity contribution < 1.29 is 9.53 Å². The van der Waals surface area contributed by atoms with Crippen molar-refractivity contribution in [2.45, 2.75) is 52.2 Å². The van der Waals surface area contributed by atoms with Gasteiger partial charge in [-0.1, -0.05) is 29.5 Å². The molecular formula is C25H26N4O2S. The van der Waals surface area contributed by atoms with Crippen LogP contribution in [-0.2, 0) is 11.2 Å². The molecule has 0 amide bonds. The van der Waals surface area contributed by atoms with Gasteiger partial charge in [0.05, 0.1) is 18.2 Å². The second-order valence-corrected chi connectivity index (χ2v) is 9.28. The highest BCUT2D eigenvalue weighted by Crippen LogP contribution is 2.39. The van der Waals surface area contributed by atoms with Gasteiger partial charge < -0.3 is 10.1 Å². The summed E-state index contributed by atoms with van der Waals surface area (Å²) in [6.07, 6.45) is 3.07. The number of carbonyl (C=O) groups excluding carboxylic acids is 1. The van der Waals surface area contributed by atoms with E-state index in [4.69, 9.17) is 4.74 Å². The zero-order valence-corrected chi connectivity index (χ0v) is 19.3. The molecule has 0 spiro atoms. The van der Waals surface area contributed by atoms with E-state index in [1.165, 1.54) is 22.5 Å². The first-order chi connectivity index (χ1) is 15.5. The molecule has 2 aromatic carbocycles. The van der Waals surface area contributed by atoms with Gasteiger partial charge in [0.25, 0.3) is 0 Å². The lowest BCUT2D eigenvalue weighted by Gasteiger charge is -2.27. The number of nitrogens with one attached hydrogen (secondary N) is 1. The first-order valence-corrected chi connectivity index (χ1v) is 11.7. The van der Waals surface area contributed by atoms with Crippen LogP contribution in [0.5, 0.6) is 5.75 Å². The van der Waals surface area contributed by atoms with E-state index in [-0.39, 0.29) is 17.9 Å². The van der Waals surface area contributed by atoms with E-state index in [1.807, 2.05) is 32.0 Å². The molecule has 32 heavy (non-hydrogen) atoms. The van der Waals surface area contributed by atoms with E-state index >= 15 is 0 Å². The van der Waals surface area contributed by atoms with Crippen LogP contribution in [0.2, 0.25) is 0 Å². The molecule has 0 saturated carbocycles. The van der Waals surface area contributed by atoms with Crippen molar-refractivity contribution >= 4 is 17.1 Å². The van der Waals surface area contributed by atoms with Gasteiger partial charge in [-0.3, -0.25) is 4.79 Å². The third-order valence-corrected chi connectivity index (χ3v) is 6.48. The maximum absolute atomic E-state index is 11.4. The summed E-state index contributed by atoms with van der Waals surface area (Å²) in [4.78, 5) is 11.4. The Morgan fingerprint density at radius 1 is 1.28 bits per heavy atom. The maximum Gasteiger partial charge on any atom is 0.148 e. The van der Waals surface area contributed by atoms with E-state index in [9.17, 15) is 10.1 Å². The number of fused-ring (bicyclic) bond motifs is 1. The van der Waals surface area contributed by atoms with Crippen LogP contribution in [0.4, 0.5) is 0 Å². The number of Topliss-reactive ketones (excluding diaryl/α,β-unsaturated/α-hetero) is 1. The molecular weight excluding hydrogens is 420 g/mol. The second kappa shape index (κ2) is 9.60. The molecule has 4 rings (SSSR count). The quantitative estimate of drug-likeness (QED) is 0.544. The summed E-state index contributed by atoms with van der Waals surface area (Å²) in [6.45, 7) is 5.86. The predicted molar refractivity (Wildman–Crippen MR) is 126 cm³/mol. The Morgan fingerprint density at radius 2 is 2.09 bits per heavy atom. The average molecular weight is 447 g/mol. The van der Waals surface area contributed by atoms with Gasteiger partial charge in [0.2, 0.25) is 0 Å². The van der Waals surface area contributed by atoms with Crippen LogP contribution in [0.1, 0.15) is 56.3 Å². The predicted octanol–water partition coefficient (Wildman–Crippen LogP) is 5.09. The smallest absolute Gasteiger partial charge is 0.148 e. The van der Waals surface area contributed by atoms with Gasteiger partial charge in [0, 0.05) is 17.2 Å². The molecule has 0 saturated heterocycles. The van der Waals surface area contributed by atoms with Crippen molar-refractivity contribution in [3.63, 3.8) is 0 Å². The normalized spacial score (nSPS) is 15.3. The monoisotopic (exact) mass is 446 g/mol. The molecule has 164 valence electrons. The molecule has 1 atom stereocenters. The van der Waals surface area contributed by atoms with Crippen LogP contribution < -0.4 is 10.1 Å². The summed E-state index contributed by atoms with van der Waals surface area (Å²) in [5.41, 5.74) is 4.96. The molecule has 1 aromatic heterocycles. The molecule has 0 bridgehead atoms. The fourth-order valence-corrected chi connectivity index (χ4v) is 4.98. The number of aromatic nitrogens is 2. The van der Waals surface area contributed by atoms with Gasteiger partial charge in [-0.15, -0.1) is 10.2 Å². The van der Waals surface area contributed by atoms with Gasteiger partial charge >= 0.3 is 0 Å². The number of benzene rings is 2. The lowest BCUT2D eigenvalue weighted by Crippen LogP contribution is -2.29. The standard InChI is InChI=1S/C25H26N4O2S/c1-15(2)31-23-11-10-17(12-18(23)13-26)24-28-29-25(32-24)21-8-4-7-20-19(21)6-5-9-22(20)27-14-16(3)30/h4,7-8,10-12,15,22,27H,5-6,9,14H2,1-3H3/t22-/m0/s1. The third-order valence-electron chi connectivity index (χ3n) is 5.47. The highest BCUT2D eigenvalue weighted by molar-refractivity contribution is 7.17. The molecule has 1 aliphatic rings. The van der Waals surface area contributed by atoms with E-state index in [0.29, 0.717) is 17.9 Å². The Bertz CT molecular complexity index is 1180. The van der Waals surface area contributed by atoms with Crippen LogP contribution in [0.15, 0.2) is 36.4 Å². The maximum atomic E-state index is 11.4. The minimum atomic E-state index is -0.000832. The number of hydrogen-bond donors (Lipinski definition) is 1. The second-order valence-electron chi connectivity index (χ2n) is 8.30. The zero-order chi connectivity index (χ0) is 22.7. The van der Waals surface area contributed by atoms with Crippen LogP contribution in [0.25, 0.3) is 21.1 Å². The minimum absolute atomic E-state index is 0.000832. The number of ketones is 1. The van der Waals surface area contributed by atoms with Crippen LogP contribution in [0.3, 0.4) is 0 Å². The first-order valence-electron chi connectivity index (χ1n) is 10.9. The Kier molecular flexibility index (Phi) is 6.63. The van der Waals surface area contributed by atoms with Crippen molar-refractivity contribution in [3.8, 4) is 33.0 Å². The summed E-state index contributed by atoms with van der Waals surface area (Å²) in [5.74, 6) is 0.723. The topological polar surface area (TPSA) is 87.9 Å². The Labute approximate surface area is 192 Å². The lowest BCUT2D eigenvalue weighted by molar-refractivity contribution is -0.116. The molecule has 0 fully saturated rings. The summed E-state index contributed by atoms with van der Waals surface area (Å²) < 4.78 is 5.73. The van der Waals surface area contributed by atoms with Gasteiger partial charge in [-0.2, -0.15) is 5.26 Å². The highest BCUT2D eigenvalue weighted by Gasteiger charge is 2.24. The Morgan fingerprint density at radius 3 is 2.84 bits per heavy atom. The van der Waals surface area contributed by atoms with E-state index in [2.05, 4.69) is 39.8 Å². The Balaban J connectivity index is 1.64. The fraction of sp³-hybridized carbons (Fsp3) is 0.360. The summed E-state index contributed by atoms with van der Waals surface area (Å²) in [5, 5.41) is 23.5. The van der Waals surface area contributed by atoms with Crippen molar-refractivity contribution in [2.24, 2.45) is 0 Å². The van der Waals surface area contributed by atoms with Gasteiger partial charge in [-0.25, -0.2) is 0 Å². The van der Waals surface area contributed by atoms with Gasteiger partial charge in [-0.05, 0) is 69.4 Å². The van der Waals surface area contributed by atoms with Crippen LogP contribution in [-0.4, -0.2) is 28.6 Å². The molecule has 0 unspecified atom stereocenters. The number of hydrogen-bond acceptors (Lipinski definition) is 7. The number of carbonyl (C=O) groups is 1. The molecule has 1 aliphatic carbocycles. The number of rotatable bonds is 7. The average Bonchev–Trinajstić information content (AvgIpc) is 3.27. The third kappa shape index (κ3) is 4.72. The molecule has 0 aliphatic heterocycles. The lowest BCUT2D eigenvalue weighted by atomic mass is 9.85. The van der Waals surface area contributed by atoms with Gasteiger partial charge in [0.1, 0.15) is 27.6 Å². The Hall–Kier alpha value is -3.08. The molecule has 7 heteroatoms. The highest BCUT2D eigenvalue weighted by atomic mass is 32.1. The SMILES string of the molecule is CC(=O)CN[C@H]1CCCc2c(-c3nnc(-c4ccc(OC(C)C)c(C#N)c4)s3)cccc21. The molecule has 6 nitrogen and oxygen atoms in total. The number of nitriles is 1. The van der Waals surface area contributed by atoms with E-state index in [0.717, 1.165) is 40.4 Å². The van der Waals surface area contributed by atoms with Crippen molar-refractivity contribution in [1.29, 1.82) is 5.26 Å². The van der Waals surface area contributed by atoms with Gasteiger partial charge in [0.15, 0.2) is 0 Å². The minimum Gasteiger partial charge on any atom is -0.490 e. The first kappa shape index (κ1) is 22.1. The summed E-state index contributed by atoms with van der Waals surface area (Å²) >= 11 is 1.52. The van der Waals surface area contributed by atoms with Crippen LogP contribution in [0, 0.1) is 11.3 Å². The largest absolute Gasteiger partial charge is 0.490 e. The van der Waals surface area contributed by atoms with E-state index < -0.39 is 0 Å².